The first kappa shape index (κ1) is 48.3. The molecule has 0 unspecified atom stereocenters. The molecule has 0 aliphatic carbocycles. The maximum absolute atomic E-state index is 7.68. The quantitative estimate of drug-likeness (QED) is 0.124. The number of nitrogens with one attached hydrogen (secondary N) is 3. The molecule has 5 nitrogen and oxygen atoms in total. The first-order valence-corrected chi connectivity index (χ1v) is 26.1. The highest BCUT2D eigenvalue weighted by Crippen LogP contribution is 2.55. The van der Waals surface area contributed by atoms with Crippen molar-refractivity contribution < 1.29 is 4.74 Å². The zero-order chi connectivity index (χ0) is 52.1. The van der Waals surface area contributed by atoms with Crippen molar-refractivity contribution in [2.24, 2.45) is 4.99 Å². The molecule has 3 N–H and O–H groups in total. The van der Waals surface area contributed by atoms with Crippen LogP contribution in [0.2, 0.25) is 0 Å². The Morgan fingerprint density at radius 2 is 0.865 bits per heavy atom. The number of rotatable bonds is 9. The molecule has 11 rings (SSSR count). The van der Waals surface area contributed by atoms with E-state index in [4.69, 9.17) is 9.73 Å². The largest absolute Gasteiger partial charge is 0.420 e. The van der Waals surface area contributed by atoms with Crippen molar-refractivity contribution in [1.29, 1.82) is 0 Å². The molecule has 2 aliphatic heterocycles. The lowest BCUT2D eigenvalue weighted by molar-refractivity contribution is 0.413. The van der Waals surface area contributed by atoms with Gasteiger partial charge in [-0.3, -0.25) is 0 Å². The third-order valence-corrected chi connectivity index (χ3v) is 15.7. The Morgan fingerprint density at radius 1 is 0.446 bits per heavy atom. The van der Waals surface area contributed by atoms with Gasteiger partial charge >= 0.3 is 0 Å². The minimum absolute atomic E-state index is 0.447. The van der Waals surface area contributed by atoms with E-state index in [1.165, 1.54) is 89.0 Å². The number of fused-ring (bicyclic) bond motifs is 2. The highest BCUT2D eigenvalue weighted by molar-refractivity contribution is 6.14. The summed E-state index contributed by atoms with van der Waals surface area (Å²) in [5.74, 6) is 2.70. The summed E-state index contributed by atoms with van der Waals surface area (Å²) in [6.07, 6.45) is 4.37. The molecule has 0 atom stereocenters. The van der Waals surface area contributed by atoms with E-state index in [1.807, 2.05) is 0 Å². The van der Waals surface area contributed by atoms with Crippen molar-refractivity contribution >= 4 is 11.3 Å². The van der Waals surface area contributed by atoms with Gasteiger partial charge in [0, 0.05) is 79.5 Å². The Morgan fingerprint density at radius 3 is 1.35 bits per heavy atom. The Bertz CT molecular complexity index is 3680. The van der Waals surface area contributed by atoms with E-state index < -0.39 is 5.41 Å². The Balaban J connectivity index is 1.12. The van der Waals surface area contributed by atoms with Crippen LogP contribution in [-0.2, 0) is 5.41 Å². The van der Waals surface area contributed by atoms with Gasteiger partial charge in [0.15, 0.2) is 5.75 Å². The summed E-state index contributed by atoms with van der Waals surface area (Å²) in [5.41, 5.74) is 32.6. The molecule has 0 spiro atoms. The van der Waals surface area contributed by atoms with Crippen molar-refractivity contribution in [2.45, 2.75) is 102 Å². The maximum atomic E-state index is 7.68. The fraction of sp³-hybridized carbons (Fsp3) is 0.217. The zero-order valence-corrected chi connectivity index (χ0v) is 45.6. The molecule has 6 aromatic carbocycles. The molecule has 0 radical (unpaired) electrons. The number of H-pyrrole nitrogens is 3. The summed E-state index contributed by atoms with van der Waals surface area (Å²) in [6.45, 7) is 31.0. The van der Waals surface area contributed by atoms with E-state index in [0.717, 1.165) is 90.8 Å². The predicted molar refractivity (Wildman–Crippen MR) is 309 cm³/mol. The molecule has 368 valence electrons. The van der Waals surface area contributed by atoms with Gasteiger partial charge in [0.05, 0.1) is 22.8 Å². The summed E-state index contributed by atoms with van der Waals surface area (Å²) >= 11 is 0. The fourth-order valence-electron chi connectivity index (χ4n) is 12.9. The van der Waals surface area contributed by atoms with Crippen LogP contribution in [0.25, 0.3) is 39.3 Å². The fourth-order valence-corrected chi connectivity index (χ4v) is 12.9. The lowest BCUT2D eigenvalue weighted by Crippen LogP contribution is -2.26. The van der Waals surface area contributed by atoms with Gasteiger partial charge in [0.25, 0.3) is 0 Å². The molecule has 0 saturated heterocycles. The van der Waals surface area contributed by atoms with Gasteiger partial charge in [0.1, 0.15) is 22.9 Å². The Kier molecular flexibility index (Phi) is 11.9. The van der Waals surface area contributed by atoms with Gasteiger partial charge in [-0.05, 0) is 176 Å². The summed E-state index contributed by atoms with van der Waals surface area (Å²) in [6, 6.07) is 44.9. The van der Waals surface area contributed by atoms with Gasteiger partial charge in [-0.2, -0.15) is 0 Å². The van der Waals surface area contributed by atoms with Crippen molar-refractivity contribution in [3.05, 3.63) is 257 Å². The van der Waals surface area contributed by atoms with Crippen molar-refractivity contribution in [2.75, 3.05) is 0 Å². The second-order valence-electron chi connectivity index (χ2n) is 22.0. The van der Waals surface area contributed by atoms with E-state index in [0.29, 0.717) is 0 Å². The Labute approximate surface area is 438 Å². The minimum Gasteiger partial charge on any atom is -0.420 e. The lowest BCUT2D eigenvalue weighted by Gasteiger charge is -2.35. The van der Waals surface area contributed by atoms with Crippen LogP contribution in [0.15, 0.2) is 144 Å². The number of nitrogens with zero attached hydrogens (tertiary/aromatic N) is 1. The van der Waals surface area contributed by atoms with Crippen LogP contribution in [0.5, 0.6) is 11.5 Å². The molecule has 2 aliphatic rings. The van der Waals surface area contributed by atoms with Crippen LogP contribution in [0.1, 0.15) is 126 Å². The summed E-state index contributed by atoms with van der Waals surface area (Å²) in [5, 5.41) is 0. The zero-order valence-electron chi connectivity index (χ0n) is 45.6. The molecule has 0 bridgehead atoms. The highest BCUT2D eigenvalue weighted by atomic mass is 16.5. The number of aliphatic imine (C=N–C) groups is 1. The smallest absolute Gasteiger partial charge is 0.203 e. The number of hydrogen-bond acceptors (Lipinski definition) is 2. The topological polar surface area (TPSA) is 69.0 Å². The van der Waals surface area contributed by atoms with E-state index in [2.05, 4.69) is 245 Å². The van der Waals surface area contributed by atoms with Gasteiger partial charge in [-0.15, -0.1) is 0 Å². The number of aromatic nitrogens is 3. The molecule has 9 aromatic rings. The second-order valence-corrected chi connectivity index (χ2v) is 22.0. The predicted octanol–water partition coefficient (Wildman–Crippen LogP) is 17.6. The standard InChI is InChI=1S/C69H67N4O/c1-37-29-41(5)61(42(6)30-37)53-21-25-57(70-53)65(58-26-22-54(71-58)62-43(7)31-38(2)32-44(62)8)49-17-15-19-51-67(49)74-68-50(18-16-20-52(68)69(51,13)14)66(59-27-23-55(72-59)63-45(9)33-39(3)34-46(63)10)60-28-24-56(73-60)64-47(11)35-40(4)36-48(64)12/h15-36,70-72H,1-14H3/q+1/b66-60-. The number of hydrogen-bond donors (Lipinski definition) is 3. The first-order valence-electron chi connectivity index (χ1n) is 26.1. The van der Waals surface area contributed by atoms with Gasteiger partial charge in [-0.25, -0.2) is 4.99 Å². The van der Waals surface area contributed by atoms with Crippen LogP contribution in [0, 0.1) is 89.0 Å². The minimum atomic E-state index is -0.447. The van der Waals surface area contributed by atoms with E-state index >= 15 is 0 Å². The van der Waals surface area contributed by atoms with E-state index in [9.17, 15) is 0 Å². The van der Waals surface area contributed by atoms with E-state index in [1.54, 1.807) is 0 Å². The molecule has 0 saturated carbocycles. The molecule has 0 amide bonds. The second kappa shape index (κ2) is 18.2. The van der Waals surface area contributed by atoms with Crippen molar-refractivity contribution in [3.8, 4) is 45.3 Å². The molecule has 74 heavy (non-hydrogen) atoms. The Hall–Kier alpha value is -8.02. The van der Waals surface area contributed by atoms with Crippen molar-refractivity contribution in [3.63, 3.8) is 0 Å². The number of benzene rings is 6. The van der Waals surface area contributed by atoms with Crippen LogP contribution >= 0.6 is 0 Å². The number of aromatic amines is 3. The number of aryl methyl sites for hydroxylation is 12. The third kappa shape index (κ3) is 8.19. The molecule has 3 aromatic heterocycles. The SMILES string of the molecule is Cc1cc(C)c(C2=N/C(=C(\c3ccc(-c4c(C)cc(C)cc4C)[nH]3)c3cccc4c3Oc3c([C+](c5ccc(-c6c(C)cc(C)cc6C)[nH]5)c5ccc(-c6c(C)cc(C)cc6C)[nH]5)cccc3C4(C)C)C=C2)c(C)c1. The van der Waals surface area contributed by atoms with Crippen LogP contribution in [0.4, 0.5) is 0 Å². The van der Waals surface area contributed by atoms with Gasteiger partial charge < -0.3 is 19.7 Å². The normalized spacial score (nSPS) is 14.2. The maximum Gasteiger partial charge on any atom is 0.203 e. The molecule has 0 fully saturated rings. The molecular weight excluding hydrogens is 901 g/mol. The molecule has 5 heterocycles. The first-order chi connectivity index (χ1) is 35.4. The van der Waals surface area contributed by atoms with Gasteiger partial charge in [-0.1, -0.05) is 103 Å². The van der Waals surface area contributed by atoms with Crippen molar-refractivity contribution in [1.82, 2.24) is 15.0 Å². The summed E-state index contributed by atoms with van der Waals surface area (Å²) in [7, 11) is 0. The number of allylic oxidation sites excluding steroid dienone is 2. The lowest BCUT2D eigenvalue weighted by atomic mass is 9.73. The average molecular weight is 968 g/mol. The average Bonchev–Trinajstić information content (AvgIpc) is 4.17. The number of ether oxygens (including phenoxy) is 1. The third-order valence-electron chi connectivity index (χ3n) is 15.7. The molecular formula is C69H67N4O+. The van der Waals surface area contributed by atoms with Crippen LogP contribution in [0.3, 0.4) is 0 Å². The number of para-hydroxylation sites is 2. The van der Waals surface area contributed by atoms with Crippen LogP contribution < -0.4 is 4.74 Å². The van der Waals surface area contributed by atoms with Gasteiger partial charge in [0.2, 0.25) is 5.75 Å². The summed E-state index contributed by atoms with van der Waals surface area (Å²) < 4.78 is 7.68. The summed E-state index contributed by atoms with van der Waals surface area (Å²) in [4.78, 5) is 17.4. The van der Waals surface area contributed by atoms with Crippen LogP contribution in [-0.4, -0.2) is 20.7 Å². The molecule has 5 heteroatoms. The monoisotopic (exact) mass is 968 g/mol. The highest BCUT2D eigenvalue weighted by Gasteiger charge is 2.42. The van der Waals surface area contributed by atoms with E-state index in [-0.39, 0.29) is 0 Å².